The third-order valence-corrected chi connectivity index (χ3v) is 2.77. The molecule has 0 aromatic carbocycles. The lowest BCUT2D eigenvalue weighted by molar-refractivity contribution is -0.133. The average molecular weight is 168 g/mol. The number of rotatable bonds is 4. The number of epoxide rings is 1. The van der Waals surface area contributed by atoms with Crippen LogP contribution in [0.15, 0.2) is 12.2 Å². The molecule has 1 aliphatic heterocycles. The molecule has 12 heavy (non-hydrogen) atoms. The first-order chi connectivity index (χ1) is 5.64. The van der Waals surface area contributed by atoms with E-state index in [2.05, 4.69) is 6.58 Å². The summed E-state index contributed by atoms with van der Waals surface area (Å²) in [5.74, 6) is -0.854. The lowest BCUT2D eigenvalue weighted by atomic mass is 9.92. The largest absolute Gasteiger partial charge is 0.478 e. The van der Waals surface area contributed by atoms with Crippen LogP contribution in [0.25, 0.3) is 0 Å². The van der Waals surface area contributed by atoms with Gasteiger partial charge >= 0.3 is 5.97 Å². The zero-order valence-corrected chi connectivity index (χ0v) is 6.88. The Labute approximate surface area is 71.0 Å². The number of carboxylic acid groups (broad SMARTS) is 1. The monoisotopic (exact) mass is 168 g/mol. The molecule has 2 rings (SSSR count). The third kappa shape index (κ3) is 1.25. The lowest BCUT2D eigenvalue weighted by Gasteiger charge is -2.12. The summed E-state index contributed by atoms with van der Waals surface area (Å²) in [5, 5.41) is 8.75. The Morgan fingerprint density at radius 3 is 2.58 bits per heavy atom. The smallest absolute Gasteiger partial charge is 0.331 e. The van der Waals surface area contributed by atoms with Crippen LogP contribution in [0.4, 0.5) is 0 Å². The number of hydrogen-bond donors (Lipinski definition) is 1. The Morgan fingerprint density at radius 1 is 1.67 bits per heavy atom. The number of aliphatic carboxylic acids is 1. The van der Waals surface area contributed by atoms with E-state index in [9.17, 15) is 4.79 Å². The standard InChI is InChI=1S/C9H12O3/c1-6(8(10)11)9(2-3-9)4-7-5-12-7/h7H,1-5H2,(H,10,11). The summed E-state index contributed by atoms with van der Waals surface area (Å²) in [4.78, 5) is 10.6. The van der Waals surface area contributed by atoms with Gasteiger partial charge in [-0.05, 0) is 19.3 Å². The predicted molar refractivity (Wildman–Crippen MR) is 42.8 cm³/mol. The zero-order chi connectivity index (χ0) is 8.77. The first-order valence-corrected chi connectivity index (χ1v) is 4.18. The van der Waals surface area contributed by atoms with Gasteiger partial charge in [-0.3, -0.25) is 0 Å². The minimum atomic E-state index is -0.854. The molecule has 1 saturated heterocycles. The van der Waals surface area contributed by atoms with Gasteiger partial charge in [-0.2, -0.15) is 0 Å². The van der Waals surface area contributed by atoms with Crippen LogP contribution in [0.5, 0.6) is 0 Å². The van der Waals surface area contributed by atoms with Crippen molar-refractivity contribution in [1.82, 2.24) is 0 Å². The minimum Gasteiger partial charge on any atom is -0.478 e. The van der Waals surface area contributed by atoms with Crippen molar-refractivity contribution in [2.24, 2.45) is 5.41 Å². The normalized spacial score (nSPS) is 29.5. The number of carbonyl (C=O) groups is 1. The molecule has 3 nitrogen and oxygen atoms in total. The Hall–Kier alpha value is -0.830. The molecule has 1 N–H and O–H groups in total. The van der Waals surface area contributed by atoms with Crippen molar-refractivity contribution in [1.29, 1.82) is 0 Å². The van der Waals surface area contributed by atoms with Crippen LogP contribution in [0.2, 0.25) is 0 Å². The van der Waals surface area contributed by atoms with E-state index in [-0.39, 0.29) is 5.41 Å². The van der Waals surface area contributed by atoms with Crippen LogP contribution in [0, 0.1) is 5.41 Å². The summed E-state index contributed by atoms with van der Waals surface area (Å²) >= 11 is 0. The van der Waals surface area contributed by atoms with Crippen molar-refractivity contribution in [2.45, 2.75) is 25.4 Å². The van der Waals surface area contributed by atoms with Gasteiger partial charge < -0.3 is 9.84 Å². The fraction of sp³-hybridized carbons (Fsp3) is 0.667. The molecule has 0 aromatic rings. The molecule has 0 radical (unpaired) electrons. The van der Waals surface area contributed by atoms with Gasteiger partial charge in [-0.25, -0.2) is 4.79 Å². The second kappa shape index (κ2) is 2.33. The molecule has 66 valence electrons. The van der Waals surface area contributed by atoms with Crippen molar-refractivity contribution >= 4 is 5.97 Å². The van der Waals surface area contributed by atoms with Gasteiger partial charge in [-0.15, -0.1) is 0 Å². The van der Waals surface area contributed by atoms with Crippen molar-refractivity contribution in [2.75, 3.05) is 6.61 Å². The second-order valence-electron chi connectivity index (χ2n) is 3.72. The molecule has 0 bridgehead atoms. The van der Waals surface area contributed by atoms with Crippen molar-refractivity contribution < 1.29 is 14.6 Å². The molecule has 1 heterocycles. The van der Waals surface area contributed by atoms with Crippen molar-refractivity contribution in [3.63, 3.8) is 0 Å². The van der Waals surface area contributed by atoms with Gasteiger partial charge in [-0.1, -0.05) is 6.58 Å². The second-order valence-corrected chi connectivity index (χ2v) is 3.72. The molecule has 1 atom stereocenters. The summed E-state index contributed by atoms with van der Waals surface area (Å²) in [7, 11) is 0. The number of carboxylic acids is 1. The molecule has 0 aromatic heterocycles. The lowest BCUT2D eigenvalue weighted by Crippen LogP contribution is -2.14. The summed E-state index contributed by atoms with van der Waals surface area (Å²) in [5.41, 5.74) is 0.269. The maximum atomic E-state index is 10.6. The van der Waals surface area contributed by atoms with Crippen LogP contribution in [-0.2, 0) is 9.53 Å². The van der Waals surface area contributed by atoms with E-state index in [0.717, 1.165) is 25.9 Å². The number of hydrogen-bond acceptors (Lipinski definition) is 2. The first kappa shape index (κ1) is 7.80. The first-order valence-electron chi connectivity index (χ1n) is 4.18. The van der Waals surface area contributed by atoms with Crippen LogP contribution >= 0.6 is 0 Å². The van der Waals surface area contributed by atoms with E-state index in [4.69, 9.17) is 9.84 Å². The quantitative estimate of drug-likeness (QED) is 0.506. The van der Waals surface area contributed by atoms with E-state index < -0.39 is 5.97 Å². The highest BCUT2D eigenvalue weighted by molar-refractivity contribution is 5.88. The fourth-order valence-electron chi connectivity index (χ4n) is 1.63. The summed E-state index contributed by atoms with van der Waals surface area (Å²) in [6.45, 7) is 4.41. The molecule has 1 saturated carbocycles. The Balaban J connectivity index is 1.99. The van der Waals surface area contributed by atoms with Crippen LogP contribution < -0.4 is 0 Å². The van der Waals surface area contributed by atoms with Gasteiger partial charge in [0.05, 0.1) is 12.7 Å². The molecule has 0 amide bonds. The van der Waals surface area contributed by atoms with E-state index in [1.165, 1.54) is 0 Å². The molecule has 1 aliphatic carbocycles. The summed E-state index contributed by atoms with van der Waals surface area (Å²) in [6, 6.07) is 0. The minimum absolute atomic E-state index is 0.104. The maximum Gasteiger partial charge on any atom is 0.331 e. The van der Waals surface area contributed by atoms with Gasteiger partial charge in [0.25, 0.3) is 0 Å². The molecular weight excluding hydrogens is 156 g/mol. The molecule has 0 spiro atoms. The van der Waals surface area contributed by atoms with Gasteiger partial charge in [0.1, 0.15) is 0 Å². The van der Waals surface area contributed by atoms with Crippen LogP contribution in [-0.4, -0.2) is 23.8 Å². The topological polar surface area (TPSA) is 49.8 Å². The molecule has 2 fully saturated rings. The van der Waals surface area contributed by atoms with E-state index in [1.54, 1.807) is 0 Å². The third-order valence-electron chi connectivity index (χ3n) is 2.77. The van der Waals surface area contributed by atoms with Crippen LogP contribution in [0.3, 0.4) is 0 Å². The highest BCUT2D eigenvalue weighted by atomic mass is 16.6. The van der Waals surface area contributed by atoms with Gasteiger partial charge in [0, 0.05) is 11.0 Å². The highest BCUT2D eigenvalue weighted by Crippen LogP contribution is 2.56. The molecule has 2 aliphatic rings. The SMILES string of the molecule is C=C(C(=O)O)C1(CC2CO2)CC1. The Morgan fingerprint density at radius 2 is 2.25 bits per heavy atom. The molecule has 1 unspecified atom stereocenters. The van der Waals surface area contributed by atoms with Gasteiger partial charge in [0.15, 0.2) is 0 Å². The van der Waals surface area contributed by atoms with E-state index in [0.29, 0.717) is 11.7 Å². The van der Waals surface area contributed by atoms with Crippen molar-refractivity contribution in [3.8, 4) is 0 Å². The highest BCUT2D eigenvalue weighted by Gasteiger charge is 2.50. The number of ether oxygens (including phenoxy) is 1. The molecule has 3 heteroatoms. The van der Waals surface area contributed by atoms with Gasteiger partial charge in [0.2, 0.25) is 0 Å². The summed E-state index contributed by atoms with van der Waals surface area (Å²) < 4.78 is 5.08. The maximum absolute atomic E-state index is 10.6. The van der Waals surface area contributed by atoms with Crippen LogP contribution in [0.1, 0.15) is 19.3 Å². The Kier molecular flexibility index (Phi) is 1.51. The molecular formula is C9H12O3. The van der Waals surface area contributed by atoms with Crippen molar-refractivity contribution in [3.05, 3.63) is 12.2 Å². The van der Waals surface area contributed by atoms with E-state index in [1.807, 2.05) is 0 Å². The predicted octanol–water partition coefficient (Wildman–Crippen LogP) is 1.20. The fourth-order valence-corrected chi connectivity index (χ4v) is 1.63. The average Bonchev–Trinajstić information content (AvgIpc) is 2.86. The summed E-state index contributed by atoms with van der Waals surface area (Å²) in [6.07, 6.45) is 3.11. The zero-order valence-electron chi connectivity index (χ0n) is 6.88. The van der Waals surface area contributed by atoms with E-state index >= 15 is 0 Å². The Bertz CT molecular complexity index is 236.